The maximum absolute atomic E-state index is 13.7. The fourth-order valence-electron chi connectivity index (χ4n) is 5.62. The molecule has 1 heterocycles. The third kappa shape index (κ3) is 4.09. The number of phenols is 2. The Morgan fingerprint density at radius 1 is 1.15 bits per heavy atom. The number of hydrogen-bond acceptors (Lipinski definition) is 11. The van der Waals surface area contributed by atoms with Gasteiger partial charge in [0.25, 0.3) is 0 Å². The lowest BCUT2D eigenvalue weighted by Crippen LogP contribution is -2.59. The van der Waals surface area contributed by atoms with Crippen molar-refractivity contribution in [1.82, 2.24) is 0 Å². The van der Waals surface area contributed by atoms with Gasteiger partial charge in [-0.2, -0.15) is 0 Å². The summed E-state index contributed by atoms with van der Waals surface area (Å²) in [5.41, 5.74) is 2.96. The largest absolute Gasteiger partial charge is 0.507 e. The highest BCUT2D eigenvalue weighted by atomic mass is 79.9. The van der Waals surface area contributed by atoms with Crippen molar-refractivity contribution in [3.05, 3.63) is 51.6 Å². The number of halogens is 1. The van der Waals surface area contributed by atoms with E-state index in [2.05, 4.69) is 15.9 Å². The van der Waals surface area contributed by atoms with E-state index in [1.54, 1.807) is 6.92 Å². The minimum Gasteiger partial charge on any atom is -0.507 e. The number of fused-ring (bicyclic) bond motifs is 3. The van der Waals surface area contributed by atoms with E-state index in [1.807, 2.05) is 0 Å². The number of rotatable bonds is 4. The van der Waals surface area contributed by atoms with Crippen molar-refractivity contribution in [3.8, 4) is 17.2 Å². The number of alkyl halides is 1. The smallest absolute Gasteiger partial charge is 0.202 e. The van der Waals surface area contributed by atoms with Gasteiger partial charge in [-0.25, -0.2) is 0 Å². The second kappa shape index (κ2) is 9.65. The molecule has 7 atom stereocenters. The molecule has 39 heavy (non-hydrogen) atoms. The van der Waals surface area contributed by atoms with Crippen molar-refractivity contribution in [3.63, 3.8) is 0 Å². The average molecular weight is 606 g/mol. The molecule has 0 radical (unpaired) electrons. The Labute approximate surface area is 231 Å². The van der Waals surface area contributed by atoms with Crippen molar-refractivity contribution >= 4 is 33.3 Å². The molecule has 5 rings (SSSR count). The summed E-state index contributed by atoms with van der Waals surface area (Å²) in [6, 6.07) is 3.62. The Hall–Kier alpha value is -2.87. The molecule has 2 aliphatic carbocycles. The highest BCUT2D eigenvalue weighted by Crippen LogP contribution is 2.52. The van der Waals surface area contributed by atoms with Gasteiger partial charge in [-0.15, -0.1) is 0 Å². The first-order valence-electron chi connectivity index (χ1n) is 12.3. The van der Waals surface area contributed by atoms with Crippen LogP contribution in [0.4, 0.5) is 0 Å². The number of ether oxygens (including phenoxy) is 3. The Bertz CT molecular complexity index is 1410. The topological polar surface area (TPSA) is 186 Å². The molecule has 3 aliphatic rings. The van der Waals surface area contributed by atoms with Gasteiger partial charge in [0.15, 0.2) is 17.9 Å². The number of carbonyl (C=O) groups excluding carboxylic acids is 3. The molecule has 0 bridgehead atoms. The van der Waals surface area contributed by atoms with E-state index in [-0.39, 0.29) is 34.4 Å². The molecule has 1 saturated heterocycles. The standard InChI is InChI=1S/C27H28BrNO10/c1-9-21(31)20(29)19(28)26(38-9)39-14-8-27(36,10(2)30)7-12-16(14)25(35)18-17(23(12)33)22(32)11-5-4-6-13(37-3)15(11)24(18)34/h4-6,9,14,19-21,26,31,33,35-36H,7-8,29H2,1-3H3/t9?,14-,19?,20?,21?,26?,27-/m0/s1. The predicted molar refractivity (Wildman–Crippen MR) is 138 cm³/mol. The van der Waals surface area contributed by atoms with E-state index >= 15 is 0 Å². The lowest BCUT2D eigenvalue weighted by Gasteiger charge is -2.44. The minimum absolute atomic E-state index is 0.0220. The minimum atomic E-state index is -2.03. The maximum Gasteiger partial charge on any atom is 0.202 e. The number of benzene rings is 2. The van der Waals surface area contributed by atoms with Crippen molar-refractivity contribution in [1.29, 1.82) is 0 Å². The predicted octanol–water partition coefficient (Wildman–Crippen LogP) is 1.40. The first-order chi connectivity index (χ1) is 18.3. The van der Waals surface area contributed by atoms with Crippen LogP contribution in [-0.2, 0) is 20.7 Å². The summed E-state index contributed by atoms with van der Waals surface area (Å²) in [7, 11) is 1.34. The second-order valence-corrected chi connectivity index (χ2v) is 11.3. The van der Waals surface area contributed by atoms with E-state index in [1.165, 1.54) is 32.2 Å². The first-order valence-corrected chi connectivity index (χ1v) is 13.2. The van der Waals surface area contributed by atoms with Gasteiger partial charge in [-0.05, 0) is 19.9 Å². The molecule has 5 unspecified atom stereocenters. The van der Waals surface area contributed by atoms with Crippen molar-refractivity contribution in [2.75, 3.05) is 7.11 Å². The first kappa shape index (κ1) is 27.7. The van der Waals surface area contributed by atoms with Crippen molar-refractivity contribution in [2.45, 2.75) is 67.8 Å². The van der Waals surface area contributed by atoms with Crippen molar-refractivity contribution in [2.24, 2.45) is 5.73 Å². The molecule has 11 nitrogen and oxygen atoms in total. The van der Waals surface area contributed by atoms with Crippen LogP contribution in [-0.4, -0.2) is 79.9 Å². The number of hydrogen-bond donors (Lipinski definition) is 5. The van der Waals surface area contributed by atoms with Gasteiger partial charge in [0.1, 0.15) is 22.8 Å². The van der Waals surface area contributed by atoms with Gasteiger partial charge in [0.05, 0.1) is 53.0 Å². The van der Waals surface area contributed by atoms with Crippen LogP contribution in [0.3, 0.4) is 0 Å². The van der Waals surface area contributed by atoms with Crippen LogP contribution in [0.15, 0.2) is 18.2 Å². The summed E-state index contributed by atoms with van der Waals surface area (Å²) in [4.78, 5) is 39.0. The molecule has 2 aromatic rings. The molecule has 0 aromatic heterocycles. The average Bonchev–Trinajstić information content (AvgIpc) is 2.90. The van der Waals surface area contributed by atoms with Crippen LogP contribution in [0.1, 0.15) is 69.3 Å². The number of nitrogens with two attached hydrogens (primary N) is 1. The van der Waals surface area contributed by atoms with Crippen LogP contribution in [0, 0.1) is 0 Å². The van der Waals surface area contributed by atoms with Crippen LogP contribution in [0.2, 0.25) is 0 Å². The number of aromatic hydroxyl groups is 2. The monoisotopic (exact) mass is 605 g/mol. The number of aliphatic hydroxyl groups excluding tert-OH is 1. The second-order valence-electron chi connectivity index (χ2n) is 10.2. The maximum atomic E-state index is 13.7. The zero-order valence-corrected chi connectivity index (χ0v) is 22.9. The van der Waals surface area contributed by atoms with Gasteiger partial charge in [0.2, 0.25) is 5.78 Å². The Morgan fingerprint density at radius 3 is 2.46 bits per heavy atom. The van der Waals surface area contributed by atoms with Gasteiger partial charge in [0, 0.05) is 29.5 Å². The molecule has 0 amide bonds. The van der Waals surface area contributed by atoms with E-state index in [9.17, 15) is 34.8 Å². The molecule has 208 valence electrons. The Balaban J connectivity index is 1.70. The molecule has 6 N–H and O–H groups in total. The number of ketones is 3. The summed E-state index contributed by atoms with van der Waals surface area (Å²) in [6.45, 7) is 2.77. The number of phenolic OH excluding ortho intramolecular Hbond substituents is 2. The summed E-state index contributed by atoms with van der Waals surface area (Å²) >= 11 is 3.37. The number of carbonyl (C=O) groups is 3. The number of aliphatic hydroxyl groups is 2. The number of Topliss-reactive ketones (excluding diaryl/α,β-unsaturated/α-hetero) is 1. The third-order valence-corrected chi connectivity index (χ3v) is 8.92. The molecule has 12 heteroatoms. The van der Waals surface area contributed by atoms with Gasteiger partial charge in [-0.3, -0.25) is 14.4 Å². The fourth-order valence-corrected chi connectivity index (χ4v) is 6.18. The van der Waals surface area contributed by atoms with Crippen LogP contribution < -0.4 is 10.5 Å². The highest BCUT2D eigenvalue weighted by Gasteiger charge is 2.50. The highest BCUT2D eigenvalue weighted by molar-refractivity contribution is 9.09. The van der Waals surface area contributed by atoms with E-state index in [0.717, 1.165) is 0 Å². The van der Waals surface area contributed by atoms with E-state index < -0.39 is 87.5 Å². The van der Waals surface area contributed by atoms with Gasteiger partial charge < -0.3 is 40.4 Å². The number of methoxy groups -OCH3 is 1. The summed E-state index contributed by atoms with van der Waals surface area (Å²) in [5, 5.41) is 44.4. The molecule has 2 aromatic carbocycles. The molecular weight excluding hydrogens is 578 g/mol. The zero-order valence-electron chi connectivity index (χ0n) is 21.3. The molecule has 1 fully saturated rings. The quantitative estimate of drug-likeness (QED) is 0.214. The lowest BCUT2D eigenvalue weighted by molar-refractivity contribution is -0.242. The Morgan fingerprint density at radius 2 is 1.82 bits per heavy atom. The molecule has 0 saturated carbocycles. The normalized spacial score (nSPS) is 31.8. The van der Waals surface area contributed by atoms with Crippen LogP contribution in [0.5, 0.6) is 17.2 Å². The molecule has 1 aliphatic heterocycles. The SMILES string of the molecule is COc1cccc2c1C(=O)c1c(O)c3c(c(O)c1C2=O)C[C@@](O)(C(C)=O)C[C@@H]3OC1OC(C)C(O)C(N)C1Br. The third-order valence-electron chi connectivity index (χ3n) is 7.88. The summed E-state index contributed by atoms with van der Waals surface area (Å²) in [5.74, 6) is -3.25. The van der Waals surface area contributed by atoms with Crippen molar-refractivity contribution < 1.29 is 49.0 Å². The van der Waals surface area contributed by atoms with Gasteiger partial charge >= 0.3 is 0 Å². The van der Waals surface area contributed by atoms with Crippen LogP contribution in [0.25, 0.3) is 0 Å². The van der Waals surface area contributed by atoms with Crippen LogP contribution >= 0.6 is 15.9 Å². The van der Waals surface area contributed by atoms with E-state index in [4.69, 9.17) is 19.9 Å². The Kier molecular flexibility index (Phi) is 6.85. The van der Waals surface area contributed by atoms with Gasteiger partial charge in [-0.1, -0.05) is 28.1 Å². The summed E-state index contributed by atoms with van der Waals surface area (Å²) < 4.78 is 17.2. The zero-order chi connectivity index (χ0) is 28.5. The lowest BCUT2D eigenvalue weighted by atomic mass is 9.72. The van der Waals surface area contributed by atoms with E-state index in [0.29, 0.717) is 0 Å². The molecule has 0 spiro atoms. The molecular formula is C27H28BrNO10. The fraction of sp³-hybridized carbons (Fsp3) is 0.444. The summed E-state index contributed by atoms with van der Waals surface area (Å²) in [6.07, 6.45) is -4.92.